The predicted molar refractivity (Wildman–Crippen MR) is 147 cm³/mol. The Labute approximate surface area is 211 Å². The first-order chi connectivity index (χ1) is 17.7. The van der Waals surface area contributed by atoms with Crippen molar-refractivity contribution in [1.82, 2.24) is 9.88 Å². The standard InChI is InChI=1S/C33H28N2O/c1-24(36)34-22-21-29-28-19-11-12-20-31(28)35-32(29)30(25-13-5-2-6-14-25)23-33(35,26-15-7-3-8-16-26)27-17-9-4-10-18-27/h2-20,23H,21-22H2,1H3,(H,34,36). The lowest BCUT2D eigenvalue weighted by Crippen LogP contribution is -2.32. The lowest BCUT2D eigenvalue weighted by Gasteiger charge is -2.33. The van der Waals surface area contributed by atoms with Gasteiger partial charge in [-0.2, -0.15) is 0 Å². The van der Waals surface area contributed by atoms with Crippen LogP contribution < -0.4 is 5.32 Å². The van der Waals surface area contributed by atoms with Gasteiger partial charge in [0, 0.05) is 24.4 Å². The van der Waals surface area contributed by atoms with Crippen LogP contribution in [0.25, 0.3) is 16.5 Å². The monoisotopic (exact) mass is 468 g/mol. The molecule has 1 aliphatic heterocycles. The van der Waals surface area contributed by atoms with E-state index in [1.807, 2.05) is 0 Å². The van der Waals surface area contributed by atoms with Crippen LogP contribution in [0.5, 0.6) is 0 Å². The van der Waals surface area contributed by atoms with Crippen molar-refractivity contribution < 1.29 is 4.79 Å². The largest absolute Gasteiger partial charge is 0.356 e. The van der Waals surface area contributed by atoms with Crippen molar-refractivity contribution >= 4 is 22.4 Å². The van der Waals surface area contributed by atoms with Crippen molar-refractivity contribution in [3.05, 3.63) is 149 Å². The van der Waals surface area contributed by atoms with Crippen molar-refractivity contribution in [2.45, 2.75) is 18.9 Å². The Morgan fingerprint density at radius 2 is 1.31 bits per heavy atom. The summed E-state index contributed by atoms with van der Waals surface area (Å²) in [6.07, 6.45) is 3.20. The Hall–Kier alpha value is -4.37. The van der Waals surface area contributed by atoms with Gasteiger partial charge in [-0.25, -0.2) is 0 Å². The van der Waals surface area contributed by atoms with Crippen LogP contribution in [0.4, 0.5) is 0 Å². The molecule has 4 aromatic carbocycles. The molecule has 3 nitrogen and oxygen atoms in total. The molecule has 36 heavy (non-hydrogen) atoms. The zero-order chi connectivity index (χ0) is 24.5. The highest BCUT2D eigenvalue weighted by molar-refractivity contribution is 5.97. The molecule has 1 aromatic heterocycles. The number of hydrogen-bond acceptors (Lipinski definition) is 1. The quantitative estimate of drug-likeness (QED) is 0.301. The lowest BCUT2D eigenvalue weighted by atomic mass is 9.82. The number of nitrogens with zero attached hydrogens (tertiary/aromatic N) is 1. The van der Waals surface area contributed by atoms with Gasteiger partial charge in [-0.05, 0) is 40.8 Å². The molecule has 0 fully saturated rings. The number of fused-ring (bicyclic) bond motifs is 3. The van der Waals surface area contributed by atoms with Crippen LogP contribution in [0.3, 0.4) is 0 Å². The second-order valence-corrected chi connectivity index (χ2v) is 9.34. The van der Waals surface area contributed by atoms with Crippen molar-refractivity contribution in [2.75, 3.05) is 6.54 Å². The molecule has 1 N–H and O–H groups in total. The molecule has 0 atom stereocenters. The van der Waals surface area contributed by atoms with Gasteiger partial charge in [0.15, 0.2) is 0 Å². The summed E-state index contributed by atoms with van der Waals surface area (Å²) in [6.45, 7) is 2.18. The number of carbonyl (C=O) groups excluding carboxylic acids is 1. The normalized spacial score (nSPS) is 13.9. The van der Waals surface area contributed by atoms with Gasteiger partial charge < -0.3 is 9.88 Å². The van der Waals surface area contributed by atoms with Gasteiger partial charge in [-0.3, -0.25) is 4.79 Å². The molecule has 0 radical (unpaired) electrons. The molecule has 6 rings (SSSR count). The maximum atomic E-state index is 11.7. The molecule has 1 amide bonds. The van der Waals surface area contributed by atoms with Crippen LogP contribution in [0, 0.1) is 0 Å². The molecule has 3 heteroatoms. The predicted octanol–water partition coefficient (Wildman–Crippen LogP) is 6.56. The Morgan fingerprint density at radius 3 is 1.92 bits per heavy atom. The molecule has 0 spiro atoms. The molecule has 2 heterocycles. The van der Waals surface area contributed by atoms with E-state index < -0.39 is 5.54 Å². The van der Waals surface area contributed by atoms with Crippen LogP contribution in [0.2, 0.25) is 0 Å². The number of benzene rings is 4. The SMILES string of the molecule is CC(=O)NCCc1c2n(c3ccccc13)C(c1ccccc1)(c1ccccc1)C=C2c1ccccc1. The Balaban J connectivity index is 1.73. The number of amides is 1. The van der Waals surface area contributed by atoms with Gasteiger partial charge in [0.2, 0.25) is 5.91 Å². The highest BCUT2D eigenvalue weighted by atomic mass is 16.1. The van der Waals surface area contributed by atoms with E-state index in [2.05, 4.69) is 131 Å². The van der Waals surface area contributed by atoms with Crippen LogP contribution in [0.15, 0.2) is 121 Å². The average molecular weight is 469 g/mol. The molecule has 0 saturated heterocycles. The van der Waals surface area contributed by atoms with Crippen molar-refractivity contribution in [1.29, 1.82) is 0 Å². The van der Waals surface area contributed by atoms with Gasteiger partial charge in [0.05, 0.1) is 11.2 Å². The van der Waals surface area contributed by atoms with E-state index in [9.17, 15) is 4.79 Å². The fourth-order valence-corrected chi connectivity index (χ4v) is 5.73. The summed E-state index contributed by atoms with van der Waals surface area (Å²) in [4.78, 5) is 11.7. The molecule has 1 aliphatic rings. The van der Waals surface area contributed by atoms with Crippen LogP contribution in [0.1, 0.15) is 34.9 Å². The summed E-state index contributed by atoms with van der Waals surface area (Å²) >= 11 is 0. The molecule has 0 aliphatic carbocycles. The van der Waals surface area contributed by atoms with Gasteiger partial charge in [0.1, 0.15) is 5.54 Å². The summed E-state index contributed by atoms with van der Waals surface area (Å²) < 4.78 is 2.53. The highest BCUT2D eigenvalue weighted by Crippen LogP contribution is 2.51. The smallest absolute Gasteiger partial charge is 0.216 e. The highest BCUT2D eigenvalue weighted by Gasteiger charge is 2.43. The fraction of sp³-hybridized carbons (Fsp3) is 0.121. The van der Waals surface area contributed by atoms with E-state index in [0.717, 1.165) is 6.42 Å². The first-order valence-corrected chi connectivity index (χ1v) is 12.5. The van der Waals surface area contributed by atoms with Gasteiger partial charge in [-0.15, -0.1) is 0 Å². The number of rotatable bonds is 6. The number of para-hydroxylation sites is 1. The van der Waals surface area contributed by atoms with Crippen molar-refractivity contribution in [3.63, 3.8) is 0 Å². The van der Waals surface area contributed by atoms with E-state index in [-0.39, 0.29) is 5.91 Å². The molecule has 176 valence electrons. The molecule has 0 unspecified atom stereocenters. The Kier molecular flexibility index (Phi) is 5.54. The third kappa shape index (κ3) is 3.47. The van der Waals surface area contributed by atoms with Crippen LogP contribution in [-0.4, -0.2) is 17.0 Å². The van der Waals surface area contributed by atoms with Crippen LogP contribution >= 0.6 is 0 Å². The van der Waals surface area contributed by atoms with Crippen LogP contribution in [-0.2, 0) is 16.8 Å². The molecular weight excluding hydrogens is 440 g/mol. The minimum absolute atomic E-state index is 0.00287. The molecule has 0 bridgehead atoms. The maximum absolute atomic E-state index is 11.7. The Bertz CT molecular complexity index is 1520. The minimum atomic E-state index is -0.505. The molecular formula is C33H28N2O. The summed E-state index contributed by atoms with van der Waals surface area (Å²) in [6, 6.07) is 40.9. The first-order valence-electron chi connectivity index (χ1n) is 12.5. The number of allylic oxidation sites excluding steroid dienone is 1. The molecule has 5 aromatic rings. The van der Waals surface area contributed by atoms with Gasteiger partial charge in [-0.1, -0.05) is 109 Å². The Morgan fingerprint density at radius 1 is 0.750 bits per heavy atom. The summed E-state index contributed by atoms with van der Waals surface area (Å²) in [5.41, 5.74) is 8.03. The number of carbonyl (C=O) groups is 1. The number of aromatic nitrogens is 1. The number of nitrogens with one attached hydrogen (secondary N) is 1. The van der Waals surface area contributed by atoms with E-state index in [4.69, 9.17) is 0 Å². The van der Waals surface area contributed by atoms with Gasteiger partial charge in [0.25, 0.3) is 0 Å². The third-order valence-electron chi connectivity index (χ3n) is 7.20. The zero-order valence-corrected chi connectivity index (χ0v) is 20.3. The van der Waals surface area contributed by atoms with Crippen molar-refractivity contribution in [2.24, 2.45) is 0 Å². The first kappa shape index (κ1) is 22.1. The third-order valence-corrected chi connectivity index (χ3v) is 7.20. The fourth-order valence-electron chi connectivity index (χ4n) is 5.73. The second-order valence-electron chi connectivity index (χ2n) is 9.34. The average Bonchev–Trinajstić information content (AvgIpc) is 3.45. The number of hydrogen-bond donors (Lipinski definition) is 1. The maximum Gasteiger partial charge on any atom is 0.216 e. The molecule has 0 saturated carbocycles. The van der Waals surface area contributed by atoms with E-state index in [0.29, 0.717) is 6.54 Å². The second kappa shape index (κ2) is 9.01. The summed E-state index contributed by atoms with van der Waals surface area (Å²) in [5, 5.41) is 4.24. The van der Waals surface area contributed by atoms with Crippen molar-refractivity contribution in [3.8, 4) is 0 Å². The van der Waals surface area contributed by atoms with E-state index >= 15 is 0 Å². The van der Waals surface area contributed by atoms with Gasteiger partial charge >= 0.3 is 0 Å². The summed E-state index contributed by atoms with van der Waals surface area (Å²) in [7, 11) is 0. The topological polar surface area (TPSA) is 34.0 Å². The van der Waals surface area contributed by atoms with E-state index in [1.54, 1.807) is 6.92 Å². The minimum Gasteiger partial charge on any atom is -0.356 e. The van der Waals surface area contributed by atoms with E-state index in [1.165, 1.54) is 44.4 Å². The lowest BCUT2D eigenvalue weighted by molar-refractivity contribution is -0.118. The summed E-state index contributed by atoms with van der Waals surface area (Å²) in [5.74, 6) is -0.00287. The zero-order valence-electron chi connectivity index (χ0n) is 20.3.